The molecule has 3 N–H and O–H groups in total. The first-order valence-corrected chi connectivity index (χ1v) is 16.4. The fourth-order valence-electron chi connectivity index (χ4n) is 4.78. The van der Waals surface area contributed by atoms with Gasteiger partial charge in [-0.3, -0.25) is 44.3 Å². The van der Waals surface area contributed by atoms with Crippen molar-refractivity contribution in [3.8, 4) is 0 Å². The topological polar surface area (TPSA) is 179 Å². The number of benzene rings is 2. The fraction of sp³-hybridized carbons (Fsp3) is 0.367. The molecule has 15 heteroatoms. The number of aliphatic carboxylic acids is 1. The van der Waals surface area contributed by atoms with Crippen molar-refractivity contribution in [2.24, 2.45) is 0 Å². The van der Waals surface area contributed by atoms with Gasteiger partial charge in [0.05, 0.1) is 16.8 Å². The Morgan fingerprint density at radius 1 is 1.02 bits per heavy atom. The molecule has 2 aliphatic heterocycles. The smallest absolute Gasteiger partial charge is 0.411 e. The molecule has 13 nitrogen and oxygen atoms in total. The quantitative estimate of drug-likeness (QED) is 0.213. The third kappa shape index (κ3) is 8.63. The highest BCUT2D eigenvalue weighted by Gasteiger charge is 2.45. The number of hydrogen-bond donors (Lipinski definition) is 3. The van der Waals surface area contributed by atoms with Crippen LogP contribution in [0.1, 0.15) is 59.4 Å². The Balaban J connectivity index is 1.26. The summed E-state index contributed by atoms with van der Waals surface area (Å²) in [6.45, 7) is 3.45. The lowest BCUT2D eigenvalue weighted by Crippen LogP contribution is -2.54. The molecule has 2 heterocycles. The van der Waals surface area contributed by atoms with E-state index in [0.29, 0.717) is 0 Å². The maximum atomic E-state index is 13.2. The average molecular weight is 657 g/mol. The molecule has 45 heavy (non-hydrogen) atoms. The number of carbonyl (C=O) groups is 7. The van der Waals surface area contributed by atoms with Crippen molar-refractivity contribution >= 4 is 68.9 Å². The summed E-state index contributed by atoms with van der Waals surface area (Å²) >= 11 is 0. The Morgan fingerprint density at radius 2 is 1.73 bits per heavy atom. The summed E-state index contributed by atoms with van der Waals surface area (Å²) in [6.07, 6.45) is -0.736. The summed E-state index contributed by atoms with van der Waals surface area (Å²) < 4.78 is 5.33. The molecule has 0 radical (unpaired) electrons. The SMILES string of the molecule is C[C@H](COC(=O)Nc1cccc2c1C(=O)N(C1CCC(=O)NC1=O)C2=O)SS[C@@H](C)CC(=O)N(CC(=O)O)Cc1ccccc1. The Morgan fingerprint density at radius 3 is 2.42 bits per heavy atom. The lowest BCUT2D eigenvalue weighted by atomic mass is 10.0. The van der Waals surface area contributed by atoms with Crippen molar-refractivity contribution in [3.05, 3.63) is 65.2 Å². The van der Waals surface area contributed by atoms with Crippen LogP contribution in [0.4, 0.5) is 10.5 Å². The molecule has 0 saturated carbocycles. The molecule has 0 aromatic heterocycles. The van der Waals surface area contributed by atoms with E-state index in [0.717, 1.165) is 10.5 Å². The van der Waals surface area contributed by atoms with Gasteiger partial charge < -0.3 is 14.7 Å². The van der Waals surface area contributed by atoms with Crippen LogP contribution in [0.5, 0.6) is 0 Å². The minimum absolute atomic E-state index is 0.00634. The summed E-state index contributed by atoms with van der Waals surface area (Å²) in [6, 6.07) is 12.4. The van der Waals surface area contributed by atoms with Gasteiger partial charge in [-0.1, -0.05) is 64.9 Å². The number of hydrogen-bond acceptors (Lipinski definition) is 10. The molecule has 2 aromatic rings. The molecule has 3 atom stereocenters. The van der Waals surface area contributed by atoms with E-state index < -0.39 is 48.3 Å². The highest BCUT2D eigenvalue weighted by molar-refractivity contribution is 8.77. The van der Waals surface area contributed by atoms with Crippen LogP contribution in [0.2, 0.25) is 0 Å². The van der Waals surface area contributed by atoms with Crippen LogP contribution in [0.15, 0.2) is 48.5 Å². The lowest BCUT2D eigenvalue weighted by Gasteiger charge is -2.27. The van der Waals surface area contributed by atoms with Gasteiger partial charge in [0.2, 0.25) is 17.7 Å². The van der Waals surface area contributed by atoms with Gasteiger partial charge >= 0.3 is 12.1 Å². The van der Waals surface area contributed by atoms with Crippen molar-refractivity contribution in [2.45, 2.75) is 56.2 Å². The van der Waals surface area contributed by atoms with Crippen LogP contribution in [-0.2, 0) is 30.5 Å². The monoisotopic (exact) mass is 656 g/mol. The number of carboxylic acid groups (broad SMARTS) is 1. The lowest BCUT2D eigenvalue weighted by molar-refractivity contribution is -0.144. The molecule has 2 aromatic carbocycles. The summed E-state index contributed by atoms with van der Waals surface area (Å²) in [5.41, 5.74) is 0.838. The van der Waals surface area contributed by atoms with Crippen LogP contribution in [-0.4, -0.2) is 86.2 Å². The fourth-order valence-corrected chi connectivity index (χ4v) is 7.01. The van der Waals surface area contributed by atoms with Gasteiger partial charge in [-0.25, -0.2) is 4.79 Å². The number of imide groups is 2. The molecule has 1 fully saturated rings. The van der Waals surface area contributed by atoms with Gasteiger partial charge in [0.25, 0.3) is 11.8 Å². The number of ether oxygens (including phenoxy) is 1. The number of fused-ring (bicyclic) bond motifs is 1. The van der Waals surface area contributed by atoms with E-state index >= 15 is 0 Å². The maximum Gasteiger partial charge on any atom is 0.411 e. The molecule has 2 aliphatic rings. The molecule has 1 saturated heterocycles. The first kappa shape index (κ1) is 33.5. The van der Waals surface area contributed by atoms with Crippen molar-refractivity contribution in [1.29, 1.82) is 0 Å². The van der Waals surface area contributed by atoms with E-state index in [1.807, 2.05) is 44.2 Å². The number of nitrogens with one attached hydrogen (secondary N) is 2. The minimum atomic E-state index is -1.13. The zero-order chi connectivity index (χ0) is 32.7. The van der Waals surface area contributed by atoms with E-state index in [9.17, 15) is 38.7 Å². The Hall–Kier alpha value is -4.37. The molecule has 238 valence electrons. The van der Waals surface area contributed by atoms with Gasteiger partial charge in [0.1, 0.15) is 19.2 Å². The van der Waals surface area contributed by atoms with Crippen molar-refractivity contribution < 1.29 is 43.4 Å². The summed E-state index contributed by atoms with van der Waals surface area (Å²) in [4.78, 5) is 88.9. The third-order valence-corrected chi connectivity index (χ3v) is 10.3. The molecular weight excluding hydrogens is 624 g/mol. The van der Waals surface area contributed by atoms with Crippen LogP contribution >= 0.6 is 21.6 Å². The van der Waals surface area contributed by atoms with Gasteiger partial charge in [-0.15, -0.1) is 0 Å². The number of anilines is 1. The van der Waals surface area contributed by atoms with Gasteiger partial charge in [0.15, 0.2) is 0 Å². The number of piperidine rings is 1. The zero-order valence-corrected chi connectivity index (χ0v) is 26.2. The number of carboxylic acids is 1. The summed E-state index contributed by atoms with van der Waals surface area (Å²) in [5, 5.41) is 13.6. The van der Waals surface area contributed by atoms with E-state index in [1.165, 1.54) is 44.7 Å². The van der Waals surface area contributed by atoms with Crippen molar-refractivity contribution in [1.82, 2.24) is 15.1 Å². The molecular formula is C30H32N4O9S2. The first-order valence-electron chi connectivity index (χ1n) is 14.1. The van der Waals surface area contributed by atoms with Gasteiger partial charge in [0, 0.05) is 29.9 Å². The van der Waals surface area contributed by atoms with Gasteiger partial charge in [-0.05, 0) is 31.0 Å². The van der Waals surface area contributed by atoms with Gasteiger partial charge in [-0.2, -0.15) is 0 Å². The molecule has 0 aliphatic carbocycles. The second-order valence-corrected chi connectivity index (χ2v) is 13.7. The highest BCUT2D eigenvalue weighted by atomic mass is 33.1. The number of carbonyl (C=O) groups excluding carboxylic acids is 6. The standard InChI is InChI=1S/C30H32N4O9S2/c1-17(13-24(36)33(15-25(37)38)14-19-7-4-3-5-8-19)44-45-18(2)16-43-30(42)31-21-10-6-9-20-26(21)29(41)34(28(20)40)22-11-12-23(35)32-27(22)39/h3-10,17-18,22H,11-16H2,1-2H3,(H,31,42)(H,37,38)(H,32,35,39)/t17-,18+,22?/m0/s1. The molecule has 1 unspecified atom stereocenters. The van der Waals surface area contributed by atoms with Crippen molar-refractivity contribution in [3.63, 3.8) is 0 Å². The summed E-state index contributed by atoms with van der Waals surface area (Å²) in [5.74, 6) is -4.04. The summed E-state index contributed by atoms with van der Waals surface area (Å²) in [7, 11) is 2.81. The predicted molar refractivity (Wildman–Crippen MR) is 166 cm³/mol. The van der Waals surface area contributed by atoms with E-state index in [1.54, 1.807) is 0 Å². The van der Waals surface area contributed by atoms with E-state index in [-0.39, 0.29) is 65.6 Å². The Labute approximate surface area is 266 Å². The van der Waals surface area contributed by atoms with E-state index in [2.05, 4.69) is 10.6 Å². The highest BCUT2D eigenvalue weighted by Crippen LogP contribution is 2.34. The van der Waals surface area contributed by atoms with Crippen LogP contribution < -0.4 is 10.6 Å². The maximum absolute atomic E-state index is 13.2. The van der Waals surface area contributed by atoms with Crippen LogP contribution in [0, 0.1) is 0 Å². The third-order valence-electron chi connectivity index (χ3n) is 6.90. The molecule has 6 amide bonds. The Kier molecular flexibility index (Phi) is 11.2. The zero-order valence-electron chi connectivity index (χ0n) is 24.5. The molecule has 4 rings (SSSR count). The van der Waals surface area contributed by atoms with E-state index in [4.69, 9.17) is 4.74 Å². The first-order chi connectivity index (χ1) is 21.4. The largest absolute Gasteiger partial charge is 0.480 e. The number of rotatable bonds is 13. The molecule has 0 spiro atoms. The number of amides is 6. The molecule has 0 bridgehead atoms. The average Bonchev–Trinajstić information content (AvgIpc) is 3.25. The van der Waals surface area contributed by atoms with Crippen LogP contribution in [0.3, 0.4) is 0 Å². The second-order valence-electron chi connectivity index (χ2n) is 10.5. The van der Waals surface area contributed by atoms with Crippen molar-refractivity contribution in [2.75, 3.05) is 18.5 Å². The van der Waals surface area contributed by atoms with Crippen LogP contribution in [0.25, 0.3) is 0 Å². The predicted octanol–water partition coefficient (Wildman–Crippen LogP) is 3.30. The Bertz CT molecular complexity index is 1500. The normalized spacial score (nSPS) is 17.3. The minimum Gasteiger partial charge on any atom is -0.480 e. The second kappa shape index (κ2) is 15.1. The number of nitrogens with zero attached hydrogens (tertiary/aromatic N) is 2.